The molecule has 110 valence electrons. The summed E-state index contributed by atoms with van der Waals surface area (Å²) in [4.78, 5) is 14.5. The maximum atomic E-state index is 12.4. The van der Waals surface area contributed by atoms with Crippen molar-refractivity contribution in [1.29, 1.82) is 0 Å². The van der Waals surface area contributed by atoms with Crippen LogP contribution in [-0.4, -0.2) is 36.1 Å². The first kappa shape index (κ1) is 14.8. The van der Waals surface area contributed by atoms with Gasteiger partial charge in [0.1, 0.15) is 0 Å². The topological polar surface area (TPSA) is 29.5 Å². The molecule has 0 aromatic carbocycles. The average Bonchev–Trinajstić information content (AvgIpc) is 2.75. The Kier molecular flexibility index (Phi) is 3.97. The number of carbonyl (C=O) groups excluding carboxylic acids is 1. The van der Waals surface area contributed by atoms with Crippen LogP contribution in [0.25, 0.3) is 0 Å². The van der Waals surface area contributed by atoms with Gasteiger partial charge in [0, 0.05) is 25.0 Å². The van der Waals surface area contributed by atoms with Gasteiger partial charge in [-0.05, 0) is 24.7 Å². The molecule has 3 heteroatoms. The number of amides is 1. The van der Waals surface area contributed by atoms with Crippen LogP contribution in [0.1, 0.15) is 60.3 Å². The lowest BCUT2D eigenvalue weighted by atomic mass is 9.71. The van der Waals surface area contributed by atoms with E-state index in [1.54, 1.807) is 0 Å². The molecule has 3 nitrogen and oxygen atoms in total. The number of carbonyl (C=O) groups is 1. The van der Waals surface area contributed by atoms with Crippen molar-refractivity contribution in [3.05, 3.63) is 0 Å². The molecule has 2 heterocycles. The molecular formula is C16H29NO2. The molecule has 0 N–H and O–H groups in total. The number of nitrogens with zero attached hydrogens (tertiary/aromatic N) is 1. The quantitative estimate of drug-likeness (QED) is 0.785. The number of rotatable bonds is 3. The third kappa shape index (κ3) is 3.31. The Morgan fingerprint density at radius 1 is 1.37 bits per heavy atom. The van der Waals surface area contributed by atoms with Crippen molar-refractivity contribution < 1.29 is 9.53 Å². The molecule has 0 aromatic rings. The highest BCUT2D eigenvalue weighted by Gasteiger charge is 2.52. The Balaban J connectivity index is 1.94. The van der Waals surface area contributed by atoms with Gasteiger partial charge in [0.25, 0.3) is 0 Å². The summed E-state index contributed by atoms with van der Waals surface area (Å²) in [5.74, 6) is 0.315. The van der Waals surface area contributed by atoms with Crippen LogP contribution in [0.3, 0.4) is 0 Å². The average molecular weight is 267 g/mol. The lowest BCUT2D eigenvalue weighted by molar-refractivity contribution is -0.164. The van der Waals surface area contributed by atoms with Crippen molar-refractivity contribution in [3.8, 4) is 0 Å². The standard InChI is InChI=1S/C16H29NO2/c1-15(2,3)9-8-13(18)17-11-16(4,5)14(17)12-7-6-10-19-12/h12,14H,6-11H2,1-5H3. The second-order valence-corrected chi connectivity index (χ2v) is 8.07. The monoisotopic (exact) mass is 267 g/mol. The summed E-state index contributed by atoms with van der Waals surface area (Å²) in [6.07, 6.45) is 4.14. The summed E-state index contributed by atoms with van der Waals surface area (Å²) in [7, 11) is 0. The Morgan fingerprint density at radius 2 is 2.05 bits per heavy atom. The molecule has 2 saturated heterocycles. The second-order valence-electron chi connectivity index (χ2n) is 8.07. The zero-order valence-electron chi connectivity index (χ0n) is 13.2. The summed E-state index contributed by atoms with van der Waals surface area (Å²) >= 11 is 0. The highest BCUT2D eigenvalue weighted by Crippen LogP contribution is 2.43. The molecule has 0 spiro atoms. The van der Waals surface area contributed by atoms with Gasteiger partial charge in [-0.3, -0.25) is 4.79 Å². The predicted molar refractivity (Wildman–Crippen MR) is 76.9 cm³/mol. The van der Waals surface area contributed by atoms with Gasteiger partial charge in [0.05, 0.1) is 12.1 Å². The molecule has 19 heavy (non-hydrogen) atoms. The number of hydrogen-bond donors (Lipinski definition) is 0. The summed E-state index contributed by atoms with van der Waals surface area (Å²) in [6, 6.07) is 0.294. The van der Waals surface area contributed by atoms with Gasteiger partial charge in [-0.1, -0.05) is 34.6 Å². The van der Waals surface area contributed by atoms with E-state index in [9.17, 15) is 4.79 Å². The minimum atomic E-state index is 0.215. The van der Waals surface area contributed by atoms with Crippen LogP contribution in [0.4, 0.5) is 0 Å². The van der Waals surface area contributed by atoms with E-state index in [0.717, 1.165) is 32.4 Å². The Bertz CT molecular complexity index is 337. The van der Waals surface area contributed by atoms with E-state index >= 15 is 0 Å². The van der Waals surface area contributed by atoms with Crippen molar-refractivity contribution in [3.63, 3.8) is 0 Å². The number of hydrogen-bond acceptors (Lipinski definition) is 2. The minimum absolute atomic E-state index is 0.215. The fraction of sp³-hybridized carbons (Fsp3) is 0.938. The van der Waals surface area contributed by atoms with Crippen molar-refractivity contribution in [1.82, 2.24) is 4.90 Å². The van der Waals surface area contributed by atoms with Crippen LogP contribution in [0.2, 0.25) is 0 Å². The number of likely N-dealkylation sites (tertiary alicyclic amines) is 1. The highest BCUT2D eigenvalue weighted by atomic mass is 16.5. The lowest BCUT2D eigenvalue weighted by Crippen LogP contribution is -2.68. The van der Waals surface area contributed by atoms with Crippen LogP contribution in [-0.2, 0) is 9.53 Å². The molecule has 2 aliphatic rings. The minimum Gasteiger partial charge on any atom is -0.376 e. The summed E-state index contributed by atoms with van der Waals surface area (Å²) in [6.45, 7) is 12.8. The van der Waals surface area contributed by atoms with Crippen LogP contribution < -0.4 is 0 Å². The summed E-state index contributed by atoms with van der Waals surface area (Å²) in [5.41, 5.74) is 0.446. The second kappa shape index (κ2) is 5.08. The summed E-state index contributed by atoms with van der Waals surface area (Å²) in [5, 5.41) is 0. The maximum absolute atomic E-state index is 12.4. The van der Waals surface area contributed by atoms with E-state index in [2.05, 4.69) is 39.5 Å². The first-order chi connectivity index (χ1) is 8.71. The van der Waals surface area contributed by atoms with Gasteiger partial charge in [-0.25, -0.2) is 0 Å². The van der Waals surface area contributed by atoms with Gasteiger partial charge in [0.15, 0.2) is 0 Å². The van der Waals surface area contributed by atoms with Crippen LogP contribution in [0.15, 0.2) is 0 Å². The third-order valence-electron chi connectivity index (χ3n) is 4.44. The normalized spacial score (nSPS) is 30.3. The van der Waals surface area contributed by atoms with Gasteiger partial charge in [0.2, 0.25) is 5.91 Å². The first-order valence-electron chi connectivity index (χ1n) is 7.62. The molecule has 0 aromatic heterocycles. The molecule has 0 saturated carbocycles. The molecule has 0 radical (unpaired) electrons. The molecule has 2 fully saturated rings. The van der Waals surface area contributed by atoms with Crippen molar-refractivity contribution in [2.24, 2.45) is 10.8 Å². The zero-order valence-corrected chi connectivity index (χ0v) is 13.2. The Hall–Kier alpha value is -0.570. The lowest BCUT2D eigenvalue weighted by Gasteiger charge is -2.56. The van der Waals surface area contributed by atoms with Crippen LogP contribution in [0.5, 0.6) is 0 Å². The molecule has 2 rings (SSSR count). The van der Waals surface area contributed by atoms with Gasteiger partial charge in [-0.15, -0.1) is 0 Å². The SMILES string of the molecule is CC(C)(C)CCC(=O)N1CC(C)(C)C1C1CCCO1. The Morgan fingerprint density at radius 3 is 2.53 bits per heavy atom. The third-order valence-corrected chi connectivity index (χ3v) is 4.44. The smallest absolute Gasteiger partial charge is 0.222 e. The van der Waals surface area contributed by atoms with E-state index < -0.39 is 0 Å². The molecule has 2 unspecified atom stereocenters. The van der Waals surface area contributed by atoms with Gasteiger partial charge in [-0.2, -0.15) is 0 Å². The van der Waals surface area contributed by atoms with Gasteiger partial charge >= 0.3 is 0 Å². The maximum Gasteiger partial charge on any atom is 0.222 e. The van der Waals surface area contributed by atoms with Crippen molar-refractivity contribution in [2.75, 3.05) is 13.2 Å². The van der Waals surface area contributed by atoms with E-state index in [4.69, 9.17) is 4.74 Å². The van der Waals surface area contributed by atoms with E-state index in [-0.39, 0.29) is 16.9 Å². The summed E-state index contributed by atoms with van der Waals surface area (Å²) < 4.78 is 5.82. The molecule has 0 bridgehead atoms. The van der Waals surface area contributed by atoms with Crippen LogP contribution >= 0.6 is 0 Å². The van der Waals surface area contributed by atoms with E-state index in [1.165, 1.54) is 0 Å². The molecular weight excluding hydrogens is 238 g/mol. The fourth-order valence-corrected chi connectivity index (χ4v) is 3.36. The van der Waals surface area contributed by atoms with Crippen molar-refractivity contribution in [2.45, 2.75) is 72.4 Å². The largest absolute Gasteiger partial charge is 0.376 e. The fourth-order valence-electron chi connectivity index (χ4n) is 3.36. The van der Waals surface area contributed by atoms with E-state index in [0.29, 0.717) is 18.4 Å². The first-order valence-corrected chi connectivity index (χ1v) is 7.62. The molecule has 1 amide bonds. The van der Waals surface area contributed by atoms with E-state index in [1.807, 2.05) is 0 Å². The van der Waals surface area contributed by atoms with Crippen molar-refractivity contribution >= 4 is 5.91 Å². The van der Waals surface area contributed by atoms with Crippen LogP contribution in [0, 0.1) is 10.8 Å². The zero-order chi connectivity index (χ0) is 14.3. The highest BCUT2D eigenvalue weighted by molar-refractivity contribution is 5.78. The molecule has 2 aliphatic heterocycles. The Labute approximate surface area is 117 Å². The molecule has 2 atom stereocenters. The predicted octanol–water partition coefficient (Wildman–Crippen LogP) is 3.23. The number of ether oxygens (including phenoxy) is 1. The van der Waals surface area contributed by atoms with Gasteiger partial charge < -0.3 is 9.64 Å². The molecule has 0 aliphatic carbocycles.